The van der Waals surface area contributed by atoms with Crippen molar-refractivity contribution in [2.45, 2.75) is 59.4 Å². The van der Waals surface area contributed by atoms with Crippen molar-refractivity contribution in [1.29, 1.82) is 0 Å². The van der Waals surface area contributed by atoms with E-state index in [0.29, 0.717) is 23.6 Å². The topological polar surface area (TPSA) is 105 Å². The molecule has 9 heteroatoms. The van der Waals surface area contributed by atoms with Crippen LogP contribution in [-0.4, -0.2) is 47.4 Å². The van der Waals surface area contributed by atoms with Crippen LogP contribution in [0.25, 0.3) is 0 Å². The van der Waals surface area contributed by atoms with Crippen molar-refractivity contribution >= 4 is 41.1 Å². The Morgan fingerprint density at radius 3 is 2.56 bits per heavy atom. The van der Waals surface area contributed by atoms with Crippen molar-refractivity contribution in [3.8, 4) is 0 Å². The summed E-state index contributed by atoms with van der Waals surface area (Å²) in [4.78, 5) is 51.0. The molecule has 1 saturated carbocycles. The van der Waals surface area contributed by atoms with E-state index in [1.165, 1.54) is 0 Å². The fourth-order valence-corrected chi connectivity index (χ4v) is 5.59. The molecule has 0 unspecified atom stereocenters. The lowest BCUT2D eigenvalue weighted by Crippen LogP contribution is -2.54. The van der Waals surface area contributed by atoms with Crippen LogP contribution in [-0.2, 0) is 19.1 Å². The van der Waals surface area contributed by atoms with E-state index in [4.69, 9.17) is 16.3 Å². The highest BCUT2D eigenvalue weighted by molar-refractivity contribution is 6.34. The number of urea groups is 1. The lowest BCUT2D eigenvalue weighted by Gasteiger charge is -2.43. The summed E-state index contributed by atoms with van der Waals surface area (Å²) in [7, 11) is 0. The molecule has 2 aliphatic rings. The Morgan fingerprint density at radius 1 is 1.25 bits per heavy atom. The maximum absolute atomic E-state index is 13.1. The zero-order chi connectivity index (χ0) is 23.8. The monoisotopic (exact) mass is 463 g/mol. The Morgan fingerprint density at radius 2 is 1.94 bits per heavy atom. The zero-order valence-corrected chi connectivity index (χ0v) is 19.9. The van der Waals surface area contributed by atoms with Crippen LogP contribution in [0, 0.1) is 25.2 Å². The minimum atomic E-state index is -0.990. The van der Waals surface area contributed by atoms with Gasteiger partial charge in [-0.05, 0) is 61.6 Å². The van der Waals surface area contributed by atoms with Gasteiger partial charge in [0.1, 0.15) is 12.1 Å². The van der Waals surface area contributed by atoms with Crippen LogP contribution in [0.5, 0.6) is 0 Å². The number of hydrogen-bond donors (Lipinski definition) is 2. The van der Waals surface area contributed by atoms with Crippen LogP contribution in [0.1, 0.15) is 51.2 Å². The van der Waals surface area contributed by atoms with Gasteiger partial charge in [-0.2, -0.15) is 0 Å². The highest BCUT2D eigenvalue weighted by Gasteiger charge is 2.56. The van der Waals surface area contributed by atoms with E-state index in [1.807, 2.05) is 13.0 Å². The molecule has 1 aromatic carbocycles. The number of amides is 4. The molecule has 3 rings (SSSR count). The number of rotatable bonds is 5. The summed E-state index contributed by atoms with van der Waals surface area (Å²) in [6.45, 7) is 8.80. The number of carbonyl (C=O) groups excluding carboxylic acids is 4. The maximum Gasteiger partial charge on any atom is 0.326 e. The van der Waals surface area contributed by atoms with Gasteiger partial charge in [0.25, 0.3) is 11.8 Å². The molecular formula is C23H30ClN3O5. The highest BCUT2D eigenvalue weighted by atomic mass is 35.5. The summed E-state index contributed by atoms with van der Waals surface area (Å²) in [6.07, 6.45) is 2.00. The SMILES string of the molecule is Cc1cc(C)c(NC(=O)COC(=O)CN2C(=O)N[C@]3(C[C@@H](C)CC(C)(C)C3)C2=O)c(Cl)c1. The number of nitrogens with zero attached hydrogens (tertiary/aromatic N) is 1. The second-order valence-corrected chi connectivity index (χ2v) is 10.3. The average molecular weight is 464 g/mol. The maximum atomic E-state index is 13.1. The fraction of sp³-hybridized carbons (Fsp3) is 0.565. The van der Waals surface area contributed by atoms with Gasteiger partial charge in [0.15, 0.2) is 6.61 Å². The van der Waals surface area contributed by atoms with E-state index >= 15 is 0 Å². The number of aryl methyl sites for hydroxylation is 2. The third-order valence-corrected chi connectivity index (χ3v) is 6.27. The third-order valence-electron chi connectivity index (χ3n) is 5.97. The molecule has 32 heavy (non-hydrogen) atoms. The number of benzene rings is 1. The van der Waals surface area contributed by atoms with E-state index in [9.17, 15) is 19.2 Å². The Balaban J connectivity index is 1.58. The van der Waals surface area contributed by atoms with Gasteiger partial charge in [0, 0.05) is 0 Å². The van der Waals surface area contributed by atoms with Gasteiger partial charge in [-0.25, -0.2) is 4.79 Å². The molecule has 174 valence electrons. The number of ether oxygens (including phenoxy) is 1. The van der Waals surface area contributed by atoms with Crippen LogP contribution in [0.2, 0.25) is 5.02 Å². The van der Waals surface area contributed by atoms with Crippen molar-refractivity contribution in [2.75, 3.05) is 18.5 Å². The number of esters is 1. The van der Waals surface area contributed by atoms with Crippen LogP contribution < -0.4 is 10.6 Å². The number of nitrogens with one attached hydrogen (secondary N) is 2. The molecule has 0 radical (unpaired) electrons. The summed E-state index contributed by atoms with van der Waals surface area (Å²) in [5.74, 6) is -1.56. The van der Waals surface area contributed by atoms with Crippen LogP contribution >= 0.6 is 11.6 Å². The molecular weight excluding hydrogens is 434 g/mol. The van der Waals surface area contributed by atoms with Crippen molar-refractivity contribution in [3.63, 3.8) is 0 Å². The number of hydrogen-bond acceptors (Lipinski definition) is 5. The normalized spacial score (nSPS) is 24.4. The Hall–Kier alpha value is -2.61. The Bertz CT molecular complexity index is 953. The summed E-state index contributed by atoms with van der Waals surface area (Å²) < 4.78 is 5.01. The van der Waals surface area contributed by atoms with Gasteiger partial charge in [-0.15, -0.1) is 0 Å². The molecule has 0 aromatic heterocycles. The first-order valence-corrected chi connectivity index (χ1v) is 11.1. The molecule has 1 aliphatic heterocycles. The fourth-order valence-electron chi connectivity index (χ4n) is 5.22. The summed E-state index contributed by atoms with van der Waals surface area (Å²) in [5, 5.41) is 5.82. The molecule has 1 aromatic rings. The van der Waals surface area contributed by atoms with Crippen molar-refractivity contribution in [2.24, 2.45) is 11.3 Å². The summed E-state index contributed by atoms with van der Waals surface area (Å²) >= 11 is 6.18. The molecule has 1 aliphatic carbocycles. The van der Waals surface area contributed by atoms with E-state index in [-0.39, 0.29) is 11.3 Å². The predicted octanol–water partition coefficient (Wildman–Crippen LogP) is 3.58. The number of carbonyl (C=O) groups is 4. The molecule has 1 spiro atoms. The van der Waals surface area contributed by atoms with Crippen LogP contribution in [0.15, 0.2) is 12.1 Å². The van der Waals surface area contributed by atoms with Crippen LogP contribution in [0.4, 0.5) is 10.5 Å². The third kappa shape index (κ3) is 5.06. The average Bonchev–Trinajstić information content (AvgIpc) is 2.84. The smallest absolute Gasteiger partial charge is 0.326 e. The summed E-state index contributed by atoms with van der Waals surface area (Å²) in [6, 6.07) is 2.98. The standard InChI is InChI=1S/C23H30ClN3O5/c1-13-6-15(3)19(16(24)7-13)25-17(28)11-32-18(29)10-27-20(30)23(26-21(27)31)9-14(2)8-22(4,5)12-23/h6-7,14H,8-12H2,1-5H3,(H,25,28)(H,26,31)/t14-,23-/m0/s1. The molecule has 1 heterocycles. The molecule has 0 bridgehead atoms. The molecule has 2 fully saturated rings. The number of halogens is 1. The van der Waals surface area contributed by atoms with Gasteiger partial charge in [-0.1, -0.05) is 38.4 Å². The van der Waals surface area contributed by atoms with Gasteiger partial charge in [0.05, 0.1) is 10.7 Å². The summed E-state index contributed by atoms with van der Waals surface area (Å²) in [5.41, 5.74) is 1.09. The molecule has 2 atom stereocenters. The highest BCUT2D eigenvalue weighted by Crippen LogP contribution is 2.46. The van der Waals surface area contributed by atoms with E-state index < -0.39 is 42.5 Å². The minimum Gasteiger partial charge on any atom is -0.454 e. The van der Waals surface area contributed by atoms with E-state index in [2.05, 4.69) is 31.4 Å². The van der Waals surface area contributed by atoms with Crippen molar-refractivity contribution in [3.05, 3.63) is 28.3 Å². The van der Waals surface area contributed by atoms with Gasteiger partial charge < -0.3 is 15.4 Å². The first-order valence-electron chi connectivity index (χ1n) is 10.7. The Kier molecular flexibility index (Phi) is 6.56. The molecule has 4 amide bonds. The Labute approximate surface area is 193 Å². The molecule has 1 saturated heterocycles. The van der Waals surface area contributed by atoms with Crippen molar-refractivity contribution < 1.29 is 23.9 Å². The van der Waals surface area contributed by atoms with Gasteiger partial charge in [-0.3, -0.25) is 19.3 Å². The number of anilines is 1. The number of imide groups is 1. The molecule has 8 nitrogen and oxygen atoms in total. The first-order chi connectivity index (χ1) is 14.8. The molecule has 2 N–H and O–H groups in total. The van der Waals surface area contributed by atoms with E-state index in [1.54, 1.807) is 13.0 Å². The lowest BCUT2D eigenvalue weighted by atomic mass is 9.64. The second kappa shape index (κ2) is 8.73. The minimum absolute atomic E-state index is 0.107. The second-order valence-electron chi connectivity index (χ2n) is 9.91. The zero-order valence-electron chi connectivity index (χ0n) is 19.1. The van der Waals surface area contributed by atoms with E-state index in [0.717, 1.165) is 22.4 Å². The predicted molar refractivity (Wildman–Crippen MR) is 120 cm³/mol. The van der Waals surface area contributed by atoms with Crippen LogP contribution in [0.3, 0.4) is 0 Å². The van der Waals surface area contributed by atoms with Crippen molar-refractivity contribution in [1.82, 2.24) is 10.2 Å². The van der Waals surface area contributed by atoms with Gasteiger partial charge >= 0.3 is 12.0 Å². The quantitative estimate of drug-likeness (QED) is 0.513. The van der Waals surface area contributed by atoms with Gasteiger partial charge in [0.2, 0.25) is 0 Å². The first kappa shape index (κ1) is 24.0. The lowest BCUT2D eigenvalue weighted by molar-refractivity contribution is -0.150. The largest absolute Gasteiger partial charge is 0.454 e.